The number of halogens is 3. The molecule has 256 valence electrons. The number of aryl methyl sites for hydroxylation is 1. The number of anilines is 2. The Morgan fingerprint density at radius 2 is 1.84 bits per heavy atom. The summed E-state index contributed by atoms with van der Waals surface area (Å²) < 4.78 is 52.7. The number of benzene rings is 1. The lowest BCUT2D eigenvalue weighted by molar-refractivity contribution is -0.133. The molecule has 1 fully saturated rings. The van der Waals surface area contributed by atoms with Gasteiger partial charge < -0.3 is 24.4 Å². The van der Waals surface area contributed by atoms with E-state index in [2.05, 4.69) is 35.3 Å². The predicted octanol–water partition coefficient (Wildman–Crippen LogP) is 3.68. The lowest BCUT2D eigenvalue weighted by Gasteiger charge is -2.31. The molecule has 1 aromatic carbocycles. The quantitative estimate of drug-likeness (QED) is 0.290. The minimum absolute atomic E-state index is 0.177. The van der Waals surface area contributed by atoms with Crippen LogP contribution in [0.4, 0.5) is 24.9 Å². The highest BCUT2D eigenvalue weighted by molar-refractivity contribution is 5.93. The van der Waals surface area contributed by atoms with E-state index in [4.69, 9.17) is 9.72 Å². The fraction of sp³-hybridized carbons (Fsp3) is 0.333. The number of nitrogens with zero attached hydrogens (tertiary/aromatic N) is 11. The minimum Gasteiger partial charge on any atom is -0.375 e. The summed E-state index contributed by atoms with van der Waals surface area (Å²) >= 11 is 0. The van der Waals surface area contributed by atoms with Crippen LogP contribution in [0, 0.1) is 24.4 Å². The number of ether oxygens (including phenoxy) is 1. The van der Waals surface area contributed by atoms with E-state index >= 15 is 0 Å². The third-order valence-corrected chi connectivity index (χ3v) is 9.10. The third-order valence-electron chi connectivity index (χ3n) is 9.10. The number of pyridine rings is 1. The smallest absolute Gasteiger partial charge is 0.245 e. The zero-order valence-electron chi connectivity index (χ0n) is 27.3. The van der Waals surface area contributed by atoms with E-state index < -0.39 is 29.6 Å². The van der Waals surface area contributed by atoms with Crippen molar-refractivity contribution in [1.29, 1.82) is 0 Å². The Labute approximate surface area is 283 Å². The summed E-state index contributed by atoms with van der Waals surface area (Å²) in [5.74, 6) is -1.22. The van der Waals surface area contributed by atoms with Gasteiger partial charge in [-0.3, -0.25) is 4.79 Å². The molecular formula is C33H31F3N12O2. The van der Waals surface area contributed by atoms with Crippen LogP contribution in [0.5, 0.6) is 0 Å². The number of amides is 1. The predicted molar refractivity (Wildman–Crippen MR) is 176 cm³/mol. The van der Waals surface area contributed by atoms with E-state index in [1.165, 1.54) is 29.3 Å². The number of imidazole rings is 1. The van der Waals surface area contributed by atoms with Crippen molar-refractivity contribution in [3.8, 4) is 17.1 Å². The van der Waals surface area contributed by atoms with Crippen LogP contribution < -0.4 is 10.2 Å². The molecule has 0 saturated carbocycles. The van der Waals surface area contributed by atoms with E-state index in [1.807, 2.05) is 23.3 Å². The van der Waals surface area contributed by atoms with Gasteiger partial charge in [0.25, 0.3) is 0 Å². The molecule has 4 bridgehead atoms. The molecule has 17 heteroatoms. The molecule has 0 unspecified atom stereocenters. The van der Waals surface area contributed by atoms with Gasteiger partial charge in [0.1, 0.15) is 35.6 Å². The number of nitrogens with one attached hydrogen (secondary N) is 1. The third kappa shape index (κ3) is 5.42. The van der Waals surface area contributed by atoms with Gasteiger partial charge in [0, 0.05) is 56.7 Å². The summed E-state index contributed by atoms with van der Waals surface area (Å²) in [6, 6.07) is 4.27. The molecule has 7 heterocycles. The Balaban J connectivity index is 1.23. The molecule has 8 rings (SSSR count). The highest BCUT2D eigenvalue weighted by Gasteiger charge is 2.41. The summed E-state index contributed by atoms with van der Waals surface area (Å²) in [6.07, 6.45) is 5.20. The number of carbonyl (C=O) groups excluding carboxylic acids is 1. The van der Waals surface area contributed by atoms with Gasteiger partial charge in [0.2, 0.25) is 11.9 Å². The molecule has 0 radical (unpaired) electrons. The zero-order chi connectivity index (χ0) is 34.7. The number of carbonyl (C=O) groups is 1. The van der Waals surface area contributed by atoms with Crippen molar-refractivity contribution in [2.45, 2.75) is 45.0 Å². The number of rotatable bonds is 4. The van der Waals surface area contributed by atoms with E-state index in [0.717, 1.165) is 12.3 Å². The summed E-state index contributed by atoms with van der Waals surface area (Å²) in [6.45, 7) is 5.06. The van der Waals surface area contributed by atoms with E-state index in [-0.39, 0.29) is 30.0 Å². The van der Waals surface area contributed by atoms with Crippen LogP contribution in [0.1, 0.15) is 19.2 Å². The van der Waals surface area contributed by atoms with Gasteiger partial charge in [0.05, 0.1) is 47.2 Å². The highest BCUT2D eigenvalue weighted by Crippen LogP contribution is 2.34. The molecular weight excluding hydrogens is 653 g/mol. The van der Waals surface area contributed by atoms with Crippen LogP contribution in [0.25, 0.3) is 39.1 Å². The molecule has 1 saturated heterocycles. The van der Waals surface area contributed by atoms with E-state index in [0.29, 0.717) is 71.4 Å². The number of hydrogen-bond donors (Lipinski definition) is 1. The minimum atomic E-state index is -0.911. The summed E-state index contributed by atoms with van der Waals surface area (Å²) in [7, 11) is 1.73. The van der Waals surface area contributed by atoms with Crippen LogP contribution >= 0.6 is 0 Å². The van der Waals surface area contributed by atoms with Crippen molar-refractivity contribution in [2.75, 3.05) is 37.0 Å². The maximum Gasteiger partial charge on any atom is 0.245 e. The summed E-state index contributed by atoms with van der Waals surface area (Å²) in [5, 5.41) is 8.12. The summed E-state index contributed by atoms with van der Waals surface area (Å²) in [5.41, 5.74) is 2.48. The molecule has 1 N–H and O–H groups in total. The fourth-order valence-electron chi connectivity index (χ4n) is 6.97. The first-order valence-corrected chi connectivity index (χ1v) is 16.1. The van der Waals surface area contributed by atoms with Crippen molar-refractivity contribution in [3.63, 3.8) is 0 Å². The van der Waals surface area contributed by atoms with Gasteiger partial charge in [-0.2, -0.15) is 9.78 Å². The van der Waals surface area contributed by atoms with Gasteiger partial charge in [-0.25, -0.2) is 43.1 Å². The van der Waals surface area contributed by atoms with Crippen molar-refractivity contribution in [3.05, 3.63) is 72.5 Å². The SMILES string of the molecule is CCO[C@@H]1CN(C)C(=O)[C@@H]2C[C@@H](CN2c2ncnc3c2cnn3-c2ncc(F)cc2F)Nc2nccc(n2)-c2cc(F)cc3nc(C)n(c23)C1. The normalized spacial score (nSPS) is 19.6. The lowest BCUT2D eigenvalue weighted by Crippen LogP contribution is -2.47. The van der Waals surface area contributed by atoms with Gasteiger partial charge >= 0.3 is 0 Å². The molecule has 3 atom stereocenters. The van der Waals surface area contributed by atoms with Gasteiger partial charge in [-0.15, -0.1) is 0 Å². The molecule has 2 aliphatic rings. The fourth-order valence-corrected chi connectivity index (χ4v) is 6.97. The van der Waals surface area contributed by atoms with Gasteiger partial charge in [0.15, 0.2) is 17.3 Å². The topological polar surface area (TPSA) is 145 Å². The second-order valence-corrected chi connectivity index (χ2v) is 12.3. The second-order valence-electron chi connectivity index (χ2n) is 12.3. The zero-order valence-corrected chi connectivity index (χ0v) is 27.3. The molecule has 5 aromatic heterocycles. The molecule has 0 spiro atoms. The molecule has 0 aliphatic carbocycles. The maximum absolute atomic E-state index is 15.0. The van der Waals surface area contributed by atoms with Crippen molar-refractivity contribution < 1.29 is 22.7 Å². The number of hydrogen-bond acceptors (Lipinski definition) is 11. The largest absolute Gasteiger partial charge is 0.375 e. The summed E-state index contributed by atoms with van der Waals surface area (Å²) in [4.78, 5) is 44.5. The molecule has 14 nitrogen and oxygen atoms in total. The average Bonchev–Trinajstić information content (AvgIpc) is 3.79. The standard InChI is InChI=1S/C33H31F3N12O2/c1-4-50-21-14-45(3)32(49)27-10-20(13-47(27)29-23-12-41-48(30(23)40-16-39-29)31-24(36)8-19(35)11-38-31)43-33-37-6-5-25(44-33)22-7-18(34)9-26-28(22)46(15-21)17(2)42-26/h5-9,11-12,16,20-21,27H,4,10,13-15H2,1-3H3,(H,37,43,44)/t20-,21+,27-/m0/s1. The molecule has 6 aromatic rings. The van der Waals surface area contributed by atoms with Crippen molar-refractivity contribution in [1.82, 2.24) is 49.2 Å². The maximum atomic E-state index is 15.0. The van der Waals surface area contributed by atoms with Gasteiger partial charge in [-0.1, -0.05) is 0 Å². The molecule has 50 heavy (non-hydrogen) atoms. The number of fused-ring (bicyclic) bond motifs is 6. The second kappa shape index (κ2) is 12.3. The monoisotopic (exact) mass is 684 g/mol. The highest BCUT2D eigenvalue weighted by atomic mass is 19.1. The Morgan fingerprint density at radius 3 is 2.66 bits per heavy atom. The van der Waals surface area contributed by atoms with E-state index in [1.54, 1.807) is 24.2 Å². The Kier molecular flexibility index (Phi) is 7.77. The van der Waals surface area contributed by atoms with Gasteiger partial charge in [-0.05, 0) is 32.4 Å². The first-order valence-electron chi connectivity index (χ1n) is 16.1. The number of likely N-dealkylation sites (N-methyl/N-ethyl adjacent to an activating group) is 1. The van der Waals surface area contributed by atoms with Crippen LogP contribution in [0.3, 0.4) is 0 Å². The van der Waals surface area contributed by atoms with Crippen LogP contribution in [-0.2, 0) is 16.1 Å². The number of aromatic nitrogens is 9. The van der Waals surface area contributed by atoms with Crippen molar-refractivity contribution >= 4 is 39.7 Å². The van der Waals surface area contributed by atoms with Crippen LogP contribution in [-0.4, -0.2) is 100.0 Å². The van der Waals surface area contributed by atoms with E-state index in [9.17, 15) is 18.0 Å². The average molecular weight is 685 g/mol. The Morgan fingerprint density at radius 1 is 0.980 bits per heavy atom. The Hall–Kier alpha value is -5.71. The Bertz CT molecular complexity index is 2280. The van der Waals surface area contributed by atoms with Crippen LogP contribution in [0.15, 0.2) is 49.2 Å². The molecule has 1 amide bonds. The van der Waals surface area contributed by atoms with Crippen LogP contribution in [0.2, 0.25) is 0 Å². The molecule has 2 aliphatic heterocycles. The first kappa shape index (κ1) is 31.6. The first-order chi connectivity index (χ1) is 24.2. The lowest BCUT2D eigenvalue weighted by atomic mass is 10.1. The van der Waals surface area contributed by atoms with Crippen molar-refractivity contribution in [2.24, 2.45) is 0 Å².